The third-order valence-electron chi connectivity index (χ3n) is 2.62. The second-order valence-electron chi connectivity index (χ2n) is 3.97. The highest BCUT2D eigenvalue weighted by Crippen LogP contribution is 2.29. The summed E-state index contributed by atoms with van der Waals surface area (Å²) in [6.07, 6.45) is 4.10. The summed E-state index contributed by atoms with van der Waals surface area (Å²) in [4.78, 5) is 0. The normalized spacial score (nSPS) is 32.3. The van der Waals surface area contributed by atoms with Gasteiger partial charge >= 0.3 is 0 Å². The SMILES string of the molecule is CC1=CC[C@H](C(C)C)[C@H](O)C1. The van der Waals surface area contributed by atoms with Gasteiger partial charge in [0.25, 0.3) is 0 Å². The third kappa shape index (κ3) is 2.06. The maximum atomic E-state index is 9.67. The van der Waals surface area contributed by atoms with Crippen molar-refractivity contribution >= 4 is 0 Å². The monoisotopic (exact) mass is 154 g/mol. The van der Waals surface area contributed by atoms with Crippen LogP contribution >= 0.6 is 0 Å². The van der Waals surface area contributed by atoms with Crippen LogP contribution < -0.4 is 0 Å². The number of rotatable bonds is 1. The number of hydrogen-bond acceptors (Lipinski definition) is 1. The van der Waals surface area contributed by atoms with Crippen molar-refractivity contribution < 1.29 is 5.11 Å². The van der Waals surface area contributed by atoms with E-state index in [1.807, 2.05) is 0 Å². The van der Waals surface area contributed by atoms with Crippen LogP contribution in [0.1, 0.15) is 33.6 Å². The van der Waals surface area contributed by atoms with E-state index in [0.29, 0.717) is 11.8 Å². The quantitative estimate of drug-likeness (QED) is 0.575. The fourth-order valence-electron chi connectivity index (χ4n) is 1.78. The molecule has 0 aromatic carbocycles. The minimum Gasteiger partial charge on any atom is -0.392 e. The fourth-order valence-corrected chi connectivity index (χ4v) is 1.78. The zero-order valence-electron chi connectivity index (χ0n) is 7.67. The first-order chi connectivity index (χ1) is 5.11. The maximum Gasteiger partial charge on any atom is 0.0610 e. The van der Waals surface area contributed by atoms with Crippen LogP contribution in [0.3, 0.4) is 0 Å². The highest BCUT2D eigenvalue weighted by atomic mass is 16.3. The summed E-state index contributed by atoms with van der Waals surface area (Å²) in [6, 6.07) is 0. The highest BCUT2D eigenvalue weighted by molar-refractivity contribution is 5.06. The molecule has 1 N–H and O–H groups in total. The summed E-state index contributed by atoms with van der Waals surface area (Å²) in [5.74, 6) is 1.09. The lowest BCUT2D eigenvalue weighted by Gasteiger charge is -2.29. The van der Waals surface area contributed by atoms with E-state index >= 15 is 0 Å². The molecule has 0 unspecified atom stereocenters. The summed E-state index contributed by atoms with van der Waals surface area (Å²) >= 11 is 0. The Hall–Kier alpha value is -0.300. The molecule has 0 aromatic rings. The molecule has 1 nitrogen and oxygen atoms in total. The average molecular weight is 154 g/mol. The molecule has 1 rings (SSSR count). The largest absolute Gasteiger partial charge is 0.392 e. The van der Waals surface area contributed by atoms with Crippen molar-refractivity contribution in [1.29, 1.82) is 0 Å². The van der Waals surface area contributed by atoms with E-state index in [-0.39, 0.29) is 6.10 Å². The van der Waals surface area contributed by atoms with Gasteiger partial charge in [-0.2, -0.15) is 0 Å². The Bertz CT molecular complexity index is 158. The molecular weight excluding hydrogens is 136 g/mol. The van der Waals surface area contributed by atoms with E-state index in [9.17, 15) is 5.11 Å². The maximum absolute atomic E-state index is 9.67. The van der Waals surface area contributed by atoms with Crippen molar-refractivity contribution in [2.45, 2.75) is 39.7 Å². The van der Waals surface area contributed by atoms with E-state index < -0.39 is 0 Å². The lowest BCUT2D eigenvalue weighted by atomic mass is 9.80. The molecule has 0 saturated carbocycles. The second kappa shape index (κ2) is 3.40. The van der Waals surface area contributed by atoms with Crippen LogP contribution in [0.25, 0.3) is 0 Å². The Balaban J connectivity index is 2.58. The van der Waals surface area contributed by atoms with Crippen molar-refractivity contribution in [1.82, 2.24) is 0 Å². The Labute approximate surface area is 69.1 Å². The van der Waals surface area contributed by atoms with Crippen molar-refractivity contribution in [3.8, 4) is 0 Å². The standard InChI is InChI=1S/C10H18O/c1-7(2)9-5-4-8(3)6-10(9)11/h4,7,9-11H,5-6H2,1-3H3/t9-,10-/m1/s1. The molecule has 0 saturated heterocycles. The summed E-state index contributed by atoms with van der Waals surface area (Å²) in [6.45, 7) is 6.46. The molecule has 1 heteroatoms. The van der Waals surface area contributed by atoms with Crippen LogP contribution in [-0.2, 0) is 0 Å². The first-order valence-electron chi connectivity index (χ1n) is 4.45. The van der Waals surface area contributed by atoms with Crippen LogP contribution in [0.2, 0.25) is 0 Å². The van der Waals surface area contributed by atoms with Crippen LogP contribution in [0.15, 0.2) is 11.6 Å². The molecule has 0 spiro atoms. The lowest BCUT2D eigenvalue weighted by molar-refractivity contribution is 0.0768. The van der Waals surface area contributed by atoms with Gasteiger partial charge in [0.1, 0.15) is 0 Å². The van der Waals surface area contributed by atoms with Crippen molar-refractivity contribution in [3.63, 3.8) is 0 Å². The molecule has 2 atom stereocenters. The second-order valence-corrected chi connectivity index (χ2v) is 3.97. The molecule has 0 amide bonds. The van der Waals surface area contributed by atoms with Gasteiger partial charge in [-0.3, -0.25) is 0 Å². The Kier molecular flexibility index (Phi) is 2.72. The minimum atomic E-state index is -0.0972. The predicted molar refractivity (Wildman–Crippen MR) is 47.3 cm³/mol. The van der Waals surface area contributed by atoms with Crippen LogP contribution in [-0.4, -0.2) is 11.2 Å². The van der Waals surface area contributed by atoms with Gasteiger partial charge in [-0.1, -0.05) is 25.5 Å². The molecule has 11 heavy (non-hydrogen) atoms. The number of aliphatic hydroxyl groups is 1. The molecular formula is C10H18O. The van der Waals surface area contributed by atoms with Gasteiger partial charge in [0.2, 0.25) is 0 Å². The molecule has 0 bridgehead atoms. The Morgan fingerprint density at radius 1 is 1.55 bits per heavy atom. The topological polar surface area (TPSA) is 20.2 Å². The molecule has 0 fully saturated rings. The zero-order valence-corrected chi connectivity index (χ0v) is 7.67. The Morgan fingerprint density at radius 3 is 2.64 bits per heavy atom. The molecule has 1 aliphatic carbocycles. The minimum absolute atomic E-state index is 0.0972. The summed E-state index contributed by atoms with van der Waals surface area (Å²) in [5, 5.41) is 9.67. The molecule has 0 aromatic heterocycles. The van der Waals surface area contributed by atoms with E-state index in [1.54, 1.807) is 0 Å². The predicted octanol–water partition coefficient (Wildman–Crippen LogP) is 2.36. The van der Waals surface area contributed by atoms with Gasteiger partial charge in [-0.25, -0.2) is 0 Å². The van der Waals surface area contributed by atoms with Crippen molar-refractivity contribution in [3.05, 3.63) is 11.6 Å². The molecule has 64 valence electrons. The number of hydrogen-bond donors (Lipinski definition) is 1. The van der Waals surface area contributed by atoms with Gasteiger partial charge in [0, 0.05) is 0 Å². The smallest absolute Gasteiger partial charge is 0.0610 e. The molecule has 0 radical (unpaired) electrons. The van der Waals surface area contributed by atoms with Gasteiger partial charge in [-0.15, -0.1) is 0 Å². The summed E-state index contributed by atoms with van der Waals surface area (Å²) in [5.41, 5.74) is 1.34. The average Bonchev–Trinajstić information content (AvgIpc) is 1.85. The van der Waals surface area contributed by atoms with E-state index in [4.69, 9.17) is 0 Å². The fraction of sp³-hybridized carbons (Fsp3) is 0.800. The van der Waals surface area contributed by atoms with Crippen LogP contribution in [0, 0.1) is 11.8 Å². The van der Waals surface area contributed by atoms with Gasteiger partial charge in [0.15, 0.2) is 0 Å². The summed E-state index contributed by atoms with van der Waals surface area (Å²) in [7, 11) is 0. The molecule has 0 aliphatic heterocycles. The third-order valence-corrected chi connectivity index (χ3v) is 2.62. The number of allylic oxidation sites excluding steroid dienone is 1. The van der Waals surface area contributed by atoms with Gasteiger partial charge in [-0.05, 0) is 31.6 Å². The Morgan fingerprint density at radius 2 is 2.18 bits per heavy atom. The van der Waals surface area contributed by atoms with Crippen molar-refractivity contribution in [2.75, 3.05) is 0 Å². The molecule has 0 heterocycles. The van der Waals surface area contributed by atoms with E-state index in [0.717, 1.165) is 12.8 Å². The zero-order chi connectivity index (χ0) is 8.43. The van der Waals surface area contributed by atoms with Gasteiger partial charge in [0.05, 0.1) is 6.10 Å². The first kappa shape index (κ1) is 8.79. The van der Waals surface area contributed by atoms with Crippen molar-refractivity contribution in [2.24, 2.45) is 11.8 Å². The van der Waals surface area contributed by atoms with E-state index in [2.05, 4.69) is 26.8 Å². The summed E-state index contributed by atoms with van der Waals surface area (Å²) < 4.78 is 0. The first-order valence-corrected chi connectivity index (χ1v) is 4.45. The van der Waals surface area contributed by atoms with Gasteiger partial charge < -0.3 is 5.11 Å². The highest BCUT2D eigenvalue weighted by Gasteiger charge is 2.24. The lowest BCUT2D eigenvalue weighted by Crippen LogP contribution is -2.27. The van der Waals surface area contributed by atoms with E-state index in [1.165, 1.54) is 5.57 Å². The molecule has 1 aliphatic rings. The van der Waals surface area contributed by atoms with Crippen LogP contribution in [0.4, 0.5) is 0 Å². The number of aliphatic hydroxyl groups excluding tert-OH is 1. The van der Waals surface area contributed by atoms with Crippen LogP contribution in [0.5, 0.6) is 0 Å².